The number of ketones is 1. The molecule has 4 rings (SSSR count). The zero-order chi connectivity index (χ0) is 16.7. The van der Waals surface area contributed by atoms with Gasteiger partial charge in [-0.3, -0.25) is 4.79 Å². The van der Waals surface area contributed by atoms with E-state index in [-0.39, 0.29) is 5.69 Å². The Balaban J connectivity index is 2.00. The van der Waals surface area contributed by atoms with Gasteiger partial charge in [-0.2, -0.15) is 5.10 Å². The third-order valence-electron chi connectivity index (χ3n) is 4.54. The topological polar surface area (TPSA) is 68.0 Å². The fraction of sp³-hybridized carbons (Fsp3) is 0.278. The second-order valence-corrected chi connectivity index (χ2v) is 6.44. The average molecular weight is 342 g/mol. The van der Waals surface area contributed by atoms with Crippen LogP contribution in [0.5, 0.6) is 0 Å². The van der Waals surface area contributed by atoms with E-state index in [1.807, 2.05) is 30.3 Å². The number of nitrogens with zero attached hydrogens (tertiary/aromatic N) is 3. The number of para-hydroxylation sites is 1. The van der Waals surface area contributed by atoms with E-state index in [1.165, 1.54) is 12.5 Å². The summed E-state index contributed by atoms with van der Waals surface area (Å²) in [6.45, 7) is -0.593. The van der Waals surface area contributed by atoms with Crippen LogP contribution in [0, 0.1) is 0 Å². The van der Waals surface area contributed by atoms with Crippen LogP contribution < -0.4 is 0 Å². The van der Waals surface area contributed by atoms with Crippen LogP contribution in [-0.4, -0.2) is 32.3 Å². The molecule has 24 heavy (non-hydrogen) atoms. The van der Waals surface area contributed by atoms with Gasteiger partial charge in [0.05, 0.1) is 21.8 Å². The summed E-state index contributed by atoms with van der Waals surface area (Å²) in [5.74, 6) is -0.0686. The highest BCUT2D eigenvalue weighted by Crippen LogP contribution is 2.41. The number of rotatable bonds is 4. The van der Waals surface area contributed by atoms with Crippen molar-refractivity contribution in [1.82, 2.24) is 14.8 Å². The Labute approximate surface area is 143 Å². The molecule has 2 heterocycles. The molecule has 3 aromatic rings. The predicted octanol–water partition coefficient (Wildman–Crippen LogP) is 3.52. The number of fused-ring (bicyclic) bond motifs is 1. The second-order valence-electron chi connectivity index (χ2n) is 6.03. The molecule has 0 unspecified atom stereocenters. The van der Waals surface area contributed by atoms with Gasteiger partial charge in [-0.05, 0) is 31.0 Å². The van der Waals surface area contributed by atoms with Crippen LogP contribution in [0.15, 0.2) is 36.4 Å². The Morgan fingerprint density at radius 3 is 2.67 bits per heavy atom. The van der Waals surface area contributed by atoms with Gasteiger partial charge in [0.25, 0.3) is 0 Å². The fourth-order valence-corrected chi connectivity index (χ4v) is 3.32. The number of hydrogen-bond donors (Lipinski definition) is 1. The highest BCUT2D eigenvalue weighted by molar-refractivity contribution is 6.36. The monoisotopic (exact) mass is 341 g/mol. The lowest BCUT2D eigenvalue weighted by atomic mass is 9.82. The maximum atomic E-state index is 11.9. The van der Waals surface area contributed by atoms with E-state index in [1.54, 1.807) is 4.68 Å². The van der Waals surface area contributed by atoms with Crippen molar-refractivity contribution in [1.29, 1.82) is 0 Å². The molecule has 1 N–H and O–H groups in total. The lowest BCUT2D eigenvalue weighted by molar-refractivity contribution is 0.0899. The maximum absolute atomic E-state index is 11.9. The highest BCUT2D eigenvalue weighted by atomic mass is 35.5. The van der Waals surface area contributed by atoms with E-state index in [0.717, 1.165) is 29.6 Å². The minimum absolute atomic E-state index is 0.159. The van der Waals surface area contributed by atoms with Crippen LogP contribution >= 0.6 is 11.6 Å². The van der Waals surface area contributed by atoms with Crippen molar-refractivity contribution in [2.24, 2.45) is 0 Å². The van der Waals surface area contributed by atoms with E-state index in [0.29, 0.717) is 16.6 Å². The molecule has 1 aliphatic rings. The van der Waals surface area contributed by atoms with E-state index >= 15 is 0 Å². The normalized spacial score (nSPS) is 14.8. The number of aliphatic hydroxyl groups excluding tert-OH is 1. The Morgan fingerprint density at radius 1 is 1.29 bits per heavy atom. The summed E-state index contributed by atoms with van der Waals surface area (Å²) in [6.07, 6.45) is 3.37. The number of carbonyl (C=O) groups is 1. The van der Waals surface area contributed by atoms with Crippen LogP contribution in [0.4, 0.5) is 0 Å². The molecule has 2 aromatic heterocycles. The number of halogens is 1. The Kier molecular flexibility index (Phi) is 3.82. The summed E-state index contributed by atoms with van der Waals surface area (Å²) in [5.41, 5.74) is 2.53. The molecule has 5 nitrogen and oxygen atoms in total. The largest absolute Gasteiger partial charge is 0.388 e. The van der Waals surface area contributed by atoms with Gasteiger partial charge >= 0.3 is 0 Å². The van der Waals surface area contributed by atoms with Gasteiger partial charge in [-0.1, -0.05) is 36.2 Å². The van der Waals surface area contributed by atoms with Crippen molar-refractivity contribution >= 4 is 28.4 Å². The van der Waals surface area contributed by atoms with Crippen LogP contribution in [0.1, 0.15) is 41.4 Å². The molecular formula is C18H16ClN3O2. The van der Waals surface area contributed by atoms with Crippen molar-refractivity contribution in [3.05, 3.63) is 52.8 Å². The van der Waals surface area contributed by atoms with E-state index < -0.39 is 12.4 Å². The number of carbonyl (C=O) groups excluding carboxylic acids is 1. The molecule has 1 saturated carbocycles. The van der Waals surface area contributed by atoms with Gasteiger partial charge in [-0.15, -0.1) is 0 Å². The molecule has 6 heteroatoms. The molecule has 122 valence electrons. The van der Waals surface area contributed by atoms with Crippen molar-refractivity contribution in [2.75, 3.05) is 6.61 Å². The predicted molar refractivity (Wildman–Crippen MR) is 91.9 cm³/mol. The molecule has 0 radical (unpaired) electrons. The van der Waals surface area contributed by atoms with E-state index in [2.05, 4.69) is 4.98 Å². The summed E-state index contributed by atoms with van der Waals surface area (Å²) in [4.78, 5) is 16.3. The molecule has 1 fully saturated rings. The number of benzene rings is 1. The summed E-state index contributed by atoms with van der Waals surface area (Å²) in [7, 11) is 0. The van der Waals surface area contributed by atoms with Crippen molar-refractivity contribution in [3.8, 4) is 5.69 Å². The van der Waals surface area contributed by atoms with Gasteiger partial charge in [0, 0.05) is 5.92 Å². The summed E-state index contributed by atoms with van der Waals surface area (Å²) < 4.78 is 1.74. The lowest BCUT2D eigenvalue weighted by Gasteiger charge is -2.23. The first-order valence-corrected chi connectivity index (χ1v) is 8.35. The quantitative estimate of drug-likeness (QED) is 0.737. The van der Waals surface area contributed by atoms with Gasteiger partial charge in [-0.25, -0.2) is 9.67 Å². The lowest BCUT2D eigenvalue weighted by Crippen LogP contribution is -2.10. The number of hydrogen-bond acceptors (Lipinski definition) is 4. The van der Waals surface area contributed by atoms with E-state index in [4.69, 9.17) is 21.8 Å². The first-order valence-electron chi connectivity index (χ1n) is 7.97. The molecule has 0 amide bonds. The Hall–Kier alpha value is -2.24. The molecule has 0 aliphatic heterocycles. The molecule has 0 saturated heterocycles. The van der Waals surface area contributed by atoms with Gasteiger partial charge in [0.1, 0.15) is 12.3 Å². The van der Waals surface area contributed by atoms with E-state index in [9.17, 15) is 4.79 Å². The second kappa shape index (κ2) is 6.00. The zero-order valence-corrected chi connectivity index (χ0v) is 13.7. The molecule has 0 atom stereocenters. The molecular weight excluding hydrogens is 326 g/mol. The number of pyridine rings is 1. The Bertz CT molecular complexity index is 917. The number of Topliss-reactive ketones (excluding diaryl/α,β-unsaturated/α-hetero) is 1. The van der Waals surface area contributed by atoms with Crippen LogP contribution in [0.25, 0.3) is 16.7 Å². The molecule has 0 spiro atoms. The molecule has 1 aliphatic carbocycles. The summed E-state index contributed by atoms with van der Waals surface area (Å²) >= 11 is 6.47. The Morgan fingerprint density at radius 2 is 2.04 bits per heavy atom. The van der Waals surface area contributed by atoms with Gasteiger partial charge in [0.15, 0.2) is 5.65 Å². The van der Waals surface area contributed by atoms with Gasteiger partial charge in [0.2, 0.25) is 5.78 Å². The average Bonchev–Trinajstić information content (AvgIpc) is 2.93. The van der Waals surface area contributed by atoms with Crippen LogP contribution in [0.3, 0.4) is 0 Å². The molecule has 0 bridgehead atoms. The van der Waals surface area contributed by atoms with Crippen molar-refractivity contribution in [3.63, 3.8) is 0 Å². The van der Waals surface area contributed by atoms with Crippen LogP contribution in [0.2, 0.25) is 5.02 Å². The third kappa shape index (κ3) is 2.41. The summed E-state index contributed by atoms with van der Waals surface area (Å²) in [6, 6.07) is 11.2. The molecule has 1 aromatic carbocycles. The standard InChI is InChI=1S/C18H16ClN3O2/c19-13-9-14(15(24)10-23)20-18-16(13)17(11-5-4-6-11)21-22(18)12-7-2-1-3-8-12/h1-3,7-9,11,23H,4-6,10H2. The van der Waals surface area contributed by atoms with Crippen LogP contribution in [-0.2, 0) is 0 Å². The van der Waals surface area contributed by atoms with Crippen molar-refractivity contribution < 1.29 is 9.90 Å². The van der Waals surface area contributed by atoms with Gasteiger partial charge < -0.3 is 5.11 Å². The smallest absolute Gasteiger partial charge is 0.206 e. The first kappa shape index (κ1) is 15.3. The third-order valence-corrected chi connectivity index (χ3v) is 4.84. The maximum Gasteiger partial charge on any atom is 0.206 e. The highest BCUT2D eigenvalue weighted by Gasteiger charge is 2.28. The SMILES string of the molecule is O=C(CO)c1cc(Cl)c2c(C3CCC3)nn(-c3ccccc3)c2n1. The number of aromatic nitrogens is 3. The summed E-state index contributed by atoms with van der Waals surface area (Å²) in [5, 5.41) is 15.2. The number of aliphatic hydroxyl groups is 1. The minimum atomic E-state index is -0.593. The zero-order valence-electron chi connectivity index (χ0n) is 12.9. The fourth-order valence-electron chi connectivity index (χ4n) is 3.04. The first-order chi connectivity index (χ1) is 11.7. The minimum Gasteiger partial charge on any atom is -0.388 e. The van der Waals surface area contributed by atoms with Crippen molar-refractivity contribution in [2.45, 2.75) is 25.2 Å².